The van der Waals surface area contributed by atoms with E-state index in [9.17, 15) is 4.79 Å². The van der Waals surface area contributed by atoms with Crippen LogP contribution < -0.4 is 11.3 Å². The zero-order chi connectivity index (χ0) is 18.5. The topological polar surface area (TPSA) is 84.2 Å². The van der Waals surface area contributed by atoms with E-state index in [0.29, 0.717) is 23.5 Å². The number of nitrogens with one attached hydrogen (secondary N) is 1. The summed E-state index contributed by atoms with van der Waals surface area (Å²) in [6.45, 7) is 8.37. The summed E-state index contributed by atoms with van der Waals surface area (Å²) >= 11 is 0. The number of hydrogen-bond donors (Lipinski definition) is 2. The van der Waals surface area contributed by atoms with Crippen LogP contribution in [0.2, 0.25) is 0 Å². The van der Waals surface area contributed by atoms with Crippen molar-refractivity contribution in [2.45, 2.75) is 39.5 Å². The maximum absolute atomic E-state index is 11.7. The summed E-state index contributed by atoms with van der Waals surface area (Å²) in [5.74, 6) is 1.21. The molecule has 6 heteroatoms. The van der Waals surface area contributed by atoms with Crippen molar-refractivity contribution < 1.29 is 4.74 Å². The van der Waals surface area contributed by atoms with E-state index in [1.807, 2.05) is 12.1 Å². The standard InChI is InChI=1S/C20H28N4O2/c1-14(2)9-18-13-24(7-8-26-18)12-15-3-5-16(6-4-15)20-22-17(11-21)10-19(25)23-20/h3-6,10,14,18H,7-9,11-13,21H2,1-2H3,(H,22,23,25). The molecular weight excluding hydrogens is 328 g/mol. The van der Waals surface area contributed by atoms with Crippen LogP contribution in [0.15, 0.2) is 35.1 Å². The van der Waals surface area contributed by atoms with Crippen molar-refractivity contribution in [3.63, 3.8) is 0 Å². The summed E-state index contributed by atoms with van der Waals surface area (Å²) in [6, 6.07) is 9.62. The summed E-state index contributed by atoms with van der Waals surface area (Å²) in [6.07, 6.45) is 1.43. The normalized spacial score (nSPS) is 18.4. The fourth-order valence-corrected chi connectivity index (χ4v) is 3.37. The maximum atomic E-state index is 11.7. The molecule has 1 aromatic carbocycles. The number of ether oxygens (including phenoxy) is 1. The van der Waals surface area contributed by atoms with Gasteiger partial charge in [-0.05, 0) is 17.9 Å². The Balaban J connectivity index is 1.66. The minimum Gasteiger partial charge on any atom is -0.376 e. The number of aromatic amines is 1. The Hall–Kier alpha value is -2.02. The van der Waals surface area contributed by atoms with Crippen LogP contribution in [0.25, 0.3) is 11.4 Å². The average Bonchev–Trinajstić information content (AvgIpc) is 2.61. The molecule has 0 bridgehead atoms. The molecule has 3 rings (SSSR count). The number of hydrogen-bond acceptors (Lipinski definition) is 5. The van der Waals surface area contributed by atoms with E-state index < -0.39 is 0 Å². The van der Waals surface area contributed by atoms with Crippen LogP contribution in [0.4, 0.5) is 0 Å². The first-order valence-corrected chi connectivity index (χ1v) is 9.27. The minimum absolute atomic E-state index is 0.177. The Morgan fingerprint density at radius 1 is 1.35 bits per heavy atom. The first-order valence-electron chi connectivity index (χ1n) is 9.27. The van der Waals surface area contributed by atoms with Crippen molar-refractivity contribution in [2.24, 2.45) is 11.7 Å². The van der Waals surface area contributed by atoms with Crippen LogP contribution in [-0.2, 0) is 17.8 Å². The third-order valence-electron chi connectivity index (χ3n) is 4.59. The Labute approximate surface area is 154 Å². The molecular formula is C20H28N4O2. The third kappa shape index (κ3) is 5.00. The third-order valence-corrected chi connectivity index (χ3v) is 4.59. The van der Waals surface area contributed by atoms with E-state index in [4.69, 9.17) is 10.5 Å². The number of H-pyrrole nitrogens is 1. The molecule has 0 spiro atoms. The molecule has 0 saturated carbocycles. The predicted molar refractivity (Wildman–Crippen MR) is 103 cm³/mol. The summed E-state index contributed by atoms with van der Waals surface area (Å²) < 4.78 is 5.87. The molecule has 0 radical (unpaired) electrons. The molecule has 1 atom stereocenters. The van der Waals surface area contributed by atoms with E-state index in [2.05, 4.69) is 40.8 Å². The van der Waals surface area contributed by atoms with Gasteiger partial charge in [0.1, 0.15) is 5.82 Å². The summed E-state index contributed by atoms with van der Waals surface area (Å²) in [5, 5.41) is 0. The lowest BCUT2D eigenvalue weighted by molar-refractivity contribution is -0.0399. The molecule has 0 amide bonds. The summed E-state index contributed by atoms with van der Waals surface area (Å²) in [4.78, 5) is 21.3. The second-order valence-electron chi connectivity index (χ2n) is 7.34. The first-order chi connectivity index (χ1) is 12.5. The largest absolute Gasteiger partial charge is 0.376 e. The fraction of sp³-hybridized carbons (Fsp3) is 0.500. The van der Waals surface area contributed by atoms with Gasteiger partial charge in [-0.2, -0.15) is 0 Å². The number of benzene rings is 1. The van der Waals surface area contributed by atoms with Crippen LogP contribution >= 0.6 is 0 Å². The van der Waals surface area contributed by atoms with Crippen LogP contribution in [0, 0.1) is 5.92 Å². The number of morpholine rings is 1. The minimum atomic E-state index is -0.177. The molecule has 1 aliphatic heterocycles. The van der Waals surface area contributed by atoms with Gasteiger partial charge in [0.05, 0.1) is 18.4 Å². The van der Waals surface area contributed by atoms with Crippen molar-refractivity contribution in [2.75, 3.05) is 19.7 Å². The highest BCUT2D eigenvalue weighted by Gasteiger charge is 2.21. The van der Waals surface area contributed by atoms with Crippen molar-refractivity contribution in [3.8, 4) is 11.4 Å². The van der Waals surface area contributed by atoms with Gasteiger partial charge in [-0.15, -0.1) is 0 Å². The van der Waals surface area contributed by atoms with Crippen LogP contribution in [0.3, 0.4) is 0 Å². The lowest BCUT2D eigenvalue weighted by Gasteiger charge is -2.33. The Kier molecular flexibility index (Phi) is 6.19. The second-order valence-corrected chi connectivity index (χ2v) is 7.34. The van der Waals surface area contributed by atoms with Gasteiger partial charge in [0.25, 0.3) is 5.56 Å². The smallest absolute Gasteiger partial charge is 0.251 e. The molecule has 1 fully saturated rings. The number of nitrogens with two attached hydrogens (primary N) is 1. The van der Waals surface area contributed by atoms with Gasteiger partial charge in [0.2, 0.25) is 0 Å². The molecule has 26 heavy (non-hydrogen) atoms. The van der Waals surface area contributed by atoms with Gasteiger partial charge >= 0.3 is 0 Å². The molecule has 1 unspecified atom stereocenters. The lowest BCUT2D eigenvalue weighted by Crippen LogP contribution is -2.42. The van der Waals surface area contributed by atoms with Gasteiger partial charge in [0, 0.05) is 37.8 Å². The number of nitrogens with zero attached hydrogens (tertiary/aromatic N) is 2. The molecule has 1 aromatic heterocycles. The molecule has 2 heterocycles. The van der Waals surface area contributed by atoms with Crippen molar-refractivity contribution in [1.29, 1.82) is 0 Å². The monoisotopic (exact) mass is 356 g/mol. The number of rotatable bonds is 6. The van der Waals surface area contributed by atoms with Crippen LogP contribution in [0.5, 0.6) is 0 Å². The van der Waals surface area contributed by atoms with Crippen LogP contribution in [-0.4, -0.2) is 40.7 Å². The zero-order valence-electron chi connectivity index (χ0n) is 15.6. The molecule has 2 aromatic rings. The molecule has 0 aliphatic carbocycles. The highest BCUT2D eigenvalue weighted by molar-refractivity contribution is 5.55. The van der Waals surface area contributed by atoms with E-state index in [0.717, 1.165) is 38.2 Å². The maximum Gasteiger partial charge on any atom is 0.251 e. The van der Waals surface area contributed by atoms with E-state index in [1.54, 1.807) is 0 Å². The van der Waals surface area contributed by atoms with E-state index in [1.165, 1.54) is 11.6 Å². The van der Waals surface area contributed by atoms with E-state index >= 15 is 0 Å². The Morgan fingerprint density at radius 2 is 2.12 bits per heavy atom. The fourth-order valence-electron chi connectivity index (χ4n) is 3.37. The first kappa shape index (κ1) is 18.8. The zero-order valence-corrected chi connectivity index (χ0v) is 15.6. The van der Waals surface area contributed by atoms with Crippen molar-refractivity contribution >= 4 is 0 Å². The quantitative estimate of drug-likeness (QED) is 0.828. The molecule has 6 nitrogen and oxygen atoms in total. The predicted octanol–water partition coefficient (Wildman–Crippen LogP) is 2.14. The average molecular weight is 356 g/mol. The van der Waals surface area contributed by atoms with Gasteiger partial charge in [-0.1, -0.05) is 38.1 Å². The lowest BCUT2D eigenvalue weighted by atomic mass is 10.0. The Morgan fingerprint density at radius 3 is 2.81 bits per heavy atom. The molecule has 140 valence electrons. The Bertz CT molecular complexity index is 770. The molecule has 1 saturated heterocycles. The van der Waals surface area contributed by atoms with Gasteiger partial charge in [-0.25, -0.2) is 4.98 Å². The van der Waals surface area contributed by atoms with Gasteiger partial charge in [0.15, 0.2) is 0 Å². The summed E-state index contributed by atoms with van der Waals surface area (Å²) in [7, 11) is 0. The van der Waals surface area contributed by atoms with Crippen LogP contribution in [0.1, 0.15) is 31.5 Å². The highest BCUT2D eigenvalue weighted by atomic mass is 16.5. The number of aromatic nitrogens is 2. The second kappa shape index (κ2) is 8.58. The summed E-state index contributed by atoms with van der Waals surface area (Å²) in [5.41, 5.74) is 8.16. The van der Waals surface area contributed by atoms with E-state index in [-0.39, 0.29) is 12.1 Å². The SMILES string of the molecule is CC(C)CC1CN(Cc2ccc(-c3nc(CN)cc(=O)[nH]3)cc2)CCO1. The van der Waals surface area contributed by atoms with Crippen molar-refractivity contribution in [1.82, 2.24) is 14.9 Å². The highest BCUT2D eigenvalue weighted by Crippen LogP contribution is 2.18. The van der Waals surface area contributed by atoms with Gasteiger partial charge in [-0.3, -0.25) is 9.69 Å². The van der Waals surface area contributed by atoms with Gasteiger partial charge < -0.3 is 15.5 Å². The van der Waals surface area contributed by atoms with Crippen molar-refractivity contribution in [3.05, 3.63) is 51.9 Å². The molecule has 3 N–H and O–H groups in total. The molecule has 1 aliphatic rings.